The van der Waals surface area contributed by atoms with Gasteiger partial charge in [0.2, 0.25) is 0 Å². The Morgan fingerprint density at radius 3 is 2.73 bits per heavy atom. The summed E-state index contributed by atoms with van der Waals surface area (Å²) in [5.41, 5.74) is -0.0922. The predicted molar refractivity (Wildman–Crippen MR) is 52.4 cm³/mol. The molecule has 0 bridgehead atoms. The lowest BCUT2D eigenvalue weighted by Gasteiger charge is -2.37. The van der Waals surface area contributed by atoms with Gasteiger partial charge in [-0.05, 0) is 6.07 Å². The minimum Gasteiger partial charge on any atom is -0.387 e. The largest absolute Gasteiger partial charge is 0.387 e. The zero-order valence-electron chi connectivity index (χ0n) is 8.01. The summed E-state index contributed by atoms with van der Waals surface area (Å²) in [6.45, 7) is 1.09. The van der Waals surface area contributed by atoms with Crippen LogP contribution in [0.15, 0.2) is 18.3 Å². The van der Waals surface area contributed by atoms with Crippen LogP contribution < -0.4 is 5.32 Å². The maximum absolute atomic E-state index is 10.4. The van der Waals surface area contributed by atoms with Gasteiger partial charge in [0.25, 0.3) is 5.69 Å². The third-order valence-corrected chi connectivity index (χ3v) is 2.44. The fourth-order valence-electron chi connectivity index (χ4n) is 1.50. The summed E-state index contributed by atoms with van der Waals surface area (Å²) in [7, 11) is 0. The molecule has 0 aliphatic carbocycles. The molecular weight excluding hydrogens is 198 g/mol. The molecule has 0 spiro atoms. The summed E-state index contributed by atoms with van der Waals surface area (Å²) in [6, 6.07) is 2.98. The van der Waals surface area contributed by atoms with Crippen LogP contribution in [-0.2, 0) is 6.42 Å². The monoisotopic (exact) mass is 209 g/mol. The predicted octanol–water partition coefficient (Wildman–Crippen LogP) is -0.133. The first-order valence-corrected chi connectivity index (χ1v) is 4.61. The lowest BCUT2D eigenvalue weighted by atomic mass is 9.91. The first-order valence-electron chi connectivity index (χ1n) is 4.61. The summed E-state index contributed by atoms with van der Waals surface area (Å²) < 4.78 is 0. The molecule has 2 heterocycles. The zero-order chi connectivity index (χ0) is 10.9. The number of aliphatic hydroxyl groups is 1. The Bertz CT molecular complexity index is 373. The molecule has 1 aromatic rings. The normalized spacial score (nSPS) is 18.2. The van der Waals surface area contributed by atoms with E-state index in [9.17, 15) is 15.2 Å². The van der Waals surface area contributed by atoms with Crippen molar-refractivity contribution in [3.8, 4) is 0 Å². The SMILES string of the molecule is O=[N+]([O-])c1ccc(CC2(O)CNC2)nc1. The smallest absolute Gasteiger partial charge is 0.287 e. The molecule has 6 heteroatoms. The zero-order valence-corrected chi connectivity index (χ0v) is 8.01. The van der Waals surface area contributed by atoms with Crippen LogP contribution in [0.2, 0.25) is 0 Å². The summed E-state index contributed by atoms with van der Waals surface area (Å²) in [5, 5.41) is 23.1. The van der Waals surface area contributed by atoms with Crippen molar-refractivity contribution in [2.24, 2.45) is 0 Å². The van der Waals surface area contributed by atoms with Crippen molar-refractivity contribution < 1.29 is 10.0 Å². The second-order valence-electron chi connectivity index (χ2n) is 3.77. The van der Waals surface area contributed by atoms with E-state index in [-0.39, 0.29) is 5.69 Å². The molecule has 1 aliphatic heterocycles. The van der Waals surface area contributed by atoms with Crippen molar-refractivity contribution in [1.82, 2.24) is 10.3 Å². The van der Waals surface area contributed by atoms with Gasteiger partial charge in [-0.3, -0.25) is 15.1 Å². The van der Waals surface area contributed by atoms with Gasteiger partial charge in [0.1, 0.15) is 6.20 Å². The first kappa shape index (κ1) is 10.0. The summed E-state index contributed by atoms with van der Waals surface area (Å²) in [4.78, 5) is 13.8. The number of aromatic nitrogens is 1. The topological polar surface area (TPSA) is 88.3 Å². The number of nitro groups is 1. The molecule has 80 valence electrons. The highest BCUT2D eigenvalue weighted by atomic mass is 16.6. The molecule has 1 fully saturated rings. The van der Waals surface area contributed by atoms with Crippen LogP contribution in [0.5, 0.6) is 0 Å². The van der Waals surface area contributed by atoms with E-state index in [1.807, 2.05) is 0 Å². The van der Waals surface area contributed by atoms with Gasteiger partial charge >= 0.3 is 0 Å². The van der Waals surface area contributed by atoms with Gasteiger partial charge in [0, 0.05) is 31.3 Å². The van der Waals surface area contributed by atoms with E-state index in [1.165, 1.54) is 12.3 Å². The molecule has 1 aliphatic rings. The molecule has 0 amide bonds. The van der Waals surface area contributed by atoms with E-state index in [0.717, 1.165) is 0 Å². The molecule has 1 saturated heterocycles. The molecule has 0 atom stereocenters. The molecule has 0 aromatic carbocycles. The molecule has 2 rings (SSSR count). The van der Waals surface area contributed by atoms with Gasteiger partial charge in [-0.1, -0.05) is 0 Å². The Kier molecular flexibility index (Phi) is 2.37. The molecular formula is C9H11N3O3. The Balaban J connectivity index is 2.07. The second-order valence-corrected chi connectivity index (χ2v) is 3.77. The lowest BCUT2D eigenvalue weighted by molar-refractivity contribution is -0.385. The first-order chi connectivity index (χ1) is 7.09. The quantitative estimate of drug-likeness (QED) is 0.534. The summed E-state index contributed by atoms with van der Waals surface area (Å²) in [6.07, 6.45) is 1.64. The van der Waals surface area contributed by atoms with Crippen molar-refractivity contribution in [3.05, 3.63) is 34.1 Å². The third-order valence-electron chi connectivity index (χ3n) is 2.44. The van der Waals surface area contributed by atoms with Gasteiger partial charge in [-0.25, -0.2) is 0 Å². The molecule has 6 nitrogen and oxygen atoms in total. The number of rotatable bonds is 3. The Labute approximate surface area is 86.1 Å². The average Bonchev–Trinajstić information content (AvgIpc) is 2.16. The van der Waals surface area contributed by atoms with Crippen LogP contribution >= 0.6 is 0 Å². The third kappa shape index (κ3) is 2.11. The van der Waals surface area contributed by atoms with Crippen molar-refractivity contribution in [2.45, 2.75) is 12.0 Å². The number of nitrogens with one attached hydrogen (secondary N) is 1. The van der Waals surface area contributed by atoms with Gasteiger partial charge in [-0.2, -0.15) is 0 Å². The van der Waals surface area contributed by atoms with Crippen molar-refractivity contribution in [2.75, 3.05) is 13.1 Å². The van der Waals surface area contributed by atoms with E-state index in [4.69, 9.17) is 0 Å². The maximum Gasteiger partial charge on any atom is 0.287 e. The lowest BCUT2D eigenvalue weighted by Crippen LogP contribution is -2.60. The van der Waals surface area contributed by atoms with E-state index in [2.05, 4.69) is 10.3 Å². The fraction of sp³-hybridized carbons (Fsp3) is 0.444. The summed E-state index contributed by atoms with van der Waals surface area (Å²) in [5.74, 6) is 0. The molecule has 0 unspecified atom stereocenters. The molecule has 0 saturated carbocycles. The van der Waals surface area contributed by atoms with Crippen molar-refractivity contribution >= 4 is 5.69 Å². The number of hydrogen-bond acceptors (Lipinski definition) is 5. The Hall–Kier alpha value is -1.53. The van der Waals surface area contributed by atoms with Crippen LogP contribution in [0.3, 0.4) is 0 Å². The number of pyridine rings is 1. The highest BCUT2D eigenvalue weighted by Gasteiger charge is 2.34. The minimum absolute atomic E-state index is 0.0301. The molecule has 1 aromatic heterocycles. The summed E-state index contributed by atoms with van der Waals surface area (Å²) >= 11 is 0. The minimum atomic E-state index is -0.733. The Morgan fingerprint density at radius 1 is 1.60 bits per heavy atom. The van der Waals surface area contributed by atoms with Gasteiger partial charge in [0.05, 0.1) is 10.5 Å². The maximum atomic E-state index is 10.4. The molecule has 2 N–H and O–H groups in total. The Morgan fingerprint density at radius 2 is 2.33 bits per heavy atom. The van der Waals surface area contributed by atoms with Gasteiger partial charge in [0.15, 0.2) is 0 Å². The van der Waals surface area contributed by atoms with E-state index in [0.29, 0.717) is 25.2 Å². The van der Waals surface area contributed by atoms with Crippen LogP contribution in [0.1, 0.15) is 5.69 Å². The van der Waals surface area contributed by atoms with Crippen LogP contribution in [0.25, 0.3) is 0 Å². The van der Waals surface area contributed by atoms with Crippen molar-refractivity contribution in [1.29, 1.82) is 0 Å². The number of β-amino-alcohol motifs (C(OH)–C–C–N with tert-alkyl or cyclic N) is 1. The van der Waals surface area contributed by atoms with Crippen LogP contribution in [0, 0.1) is 10.1 Å². The number of hydrogen-bond donors (Lipinski definition) is 2. The highest BCUT2D eigenvalue weighted by molar-refractivity contribution is 5.27. The standard InChI is InChI=1S/C9H11N3O3/c13-9(5-10-6-9)3-7-1-2-8(4-11-7)12(14)15/h1-2,4,10,13H,3,5-6H2. The molecule has 15 heavy (non-hydrogen) atoms. The average molecular weight is 209 g/mol. The van der Waals surface area contributed by atoms with Crippen LogP contribution in [-0.4, -0.2) is 33.7 Å². The van der Waals surface area contributed by atoms with Gasteiger partial charge in [-0.15, -0.1) is 0 Å². The van der Waals surface area contributed by atoms with E-state index < -0.39 is 10.5 Å². The van der Waals surface area contributed by atoms with Crippen LogP contribution in [0.4, 0.5) is 5.69 Å². The second kappa shape index (κ2) is 3.56. The van der Waals surface area contributed by atoms with Gasteiger partial charge < -0.3 is 10.4 Å². The van der Waals surface area contributed by atoms with Crippen molar-refractivity contribution in [3.63, 3.8) is 0 Å². The fourth-order valence-corrected chi connectivity index (χ4v) is 1.50. The molecule has 0 radical (unpaired) electrons. The van der Waals surface area contributed by atoms with E-state index >= 15 is 0 Å². The highest BCUT2D eigenvalue weighted by Crippen LogP contribution is 2.17. The number of nitrogens with zero attached hydrogens (tertiary/aromatic N) is 2. The van der Waals surface area contributed by atoms with E-state index in [1.54, 1.807) is 6.07 Å².